The minimum atomic E-state index is 0.341. The van der Waals surface area contributed by atoms with E-state index in [9.17, 15) is 0 Å². The molecular weight excluding hydrogens is 464 g/mol. The normalized spacial score (nSPS) is 28.2. The lowest BCUT2D eigenvalue weighted by Crippen LogP contribution is -2.55. The van der Waals surface area contributed by atoms with Crippen LogP contribution in [0.2, 0.25) is 0 Å². The molecule has 182 valence electrons. The zero-order valence-electron chi connectivity index (χ0n) is 21.3. The molecule has 4 aromatic carbocycles. The largest absolute Gasteiger partial charge is 0.135 e. The molecule has 5 aromatic rings. The SMILES string of the molecule is C=Cc1ccc(C23CC4CC(C2)CC(c2ccc(-c5ccc6sc7ccccc7c6c5)cc2)(C4)C3)cc1. The molecule has 0 amide bonds. The van der Waals surface area contributed by atoms with Crippen molar-refractivity contribution < 1.29 is 0 Å². The minimum absolute atomic E-state index is 0.341. The molecule has 4 aliphatic rings. The molecule has 1 heterocycles. The van der Waals surface area contributed by atoms with Crippen LogP contribution in [0.4, 0.5) is 0 Å². The van der Waals surface area contributed by atoms with Crippen LogP contribution in [0.15, 0.2) is 97.6 Å². The van der Waals surface area contributed by atoms with Crippen molar-refractivity contribution in [2.75, 3.05) is 0 Å². The topological polar surface area (TPSA) is 0 Å². The monoisotopic (exact) mass is 496 g/mol. The highest BCUT2D eigenvalue weighted by Gasteiger charge is 2.58. The van der Waals surface area contributed by atoms with Crippen molar-refractivity contribution in [2.24, 2.45) is 11.8 Å². The average Bonchev–Trinajstić information content (AvgIpc) is 3.30. The van der Waals surface area contributed by atoms with E-state index in [1.165, 1.54) is 75.4 Å². The Morgan fingerprint density at radius 2 is 1.24 bits per heavy atom. The fraction of sp³-hybridized carbons (Fsp3) is 0.278. The molecule has 1 aromatic heterocycles. The van der Waals surface area contributed by atoms with Crippen LogP contribution < -0.4 is 0 Å². The van der Waals surface area contributed by atoms with E-state index in [0.717, 1.165) is 11.8 Å². The predicted molar refractivity (Wildman–Crippen MR) is 159 cm³/mol. The molecule has 37 heavy (non-hydrogen) atoms. The lowest BCUT2D eigenvalue weighted by molar-refractivity contribution is -0.0281. The molecule has 0 N–H and O–H groups in total. The number of fused-ring (bicyclic) bond motifs is 3. The second-order valence-electron chi connectivity index (χ2n) is 12.2. The Morgan fingerprint density at radius 1 is 0.649 bits per heavy atom. The van der Waals surface area contributed by atoms with Gasteiger partial charge in [0.25, 0.3) is 0 Å². The summed E-state index contributed by atoms with van der Waals surface area (Å²) in [7, 11) is 0. The Labute approximate surface area is 223 Å². The van der Waals surface area contributed by atoms with Gasteiger partial charge in [0.05, 0.1) is 0 Å². The lowest BCUT2D eigenvalue weighted by Gasteiger charge is -2.63. The average molecular weight is 497 g/mol. The molecule has 4 fully saturated rings. The van der Waals surface area contributed by atoms with Crippen molar-refractivity contribution in [3.05, 3.63) is 114 Å². The number of rotatable bonds is 4. The zero-order chi connectivity index (χ0) is 24.6. The van der Waals surface area contributed by atoms with Gasteiger partial charge >= 0.3 is 0 Å². The van der Waals surface area contributed by atoms with Crippen LogP contribution in [-0.4, -0.2) is 0 Å². The number of hydrogen-bond donors (Lipinski definition) is 0. The molecule has 4 aliphatic carbocycles. The third-order valence-electron chi connectivity index (χ3n) is 10.0. The van der Waals surface area contributed by atoms with Crippen molar-refractivity contribution in [1.29, 1.82) is 0 Å². The van der Waals surface area contributed by atoms with Gasteiger partial charge in [0.15, 0.2) is 0 Å². The van der Waals surface area contributed by atoms with Crippen LogP contribution in [0.3, 0.4) is 0 Å². The molecule has 2 atom stereocenters. The van der Waals surface area contributed by atoms with Gasteiger partial charge in [0.1, 0.15) is 0 Å². The smallest absolute Gasteiger partial charge is 0.0355 e. The number of hydrogen-bond acceptors (Lipinski definition) is 1. The standard InChI is InChI=1S/C36H32S/c1-2-24-7-12-29(13-8-24)35-19-25-17-26(20-35)22-36(21-25,23-35)30-14-9-27(10-15-30)28-11-16-34-32(18-28)31-5-3-4-6-33(31)37-34/h2-16,18,25-26H,1,17,19-23H2. The fourth-order valence-corrected chi connectivity index (χ4v) is 9.92. The van der Waals surface area contributed by atoms with Crippen molar-refractivity contribution in [3.8, 4) is 11.1 Å². The van der Waals surface area contributed by atoms with Crippen LogP contribution >= 0.6 is 11.3 Å². The molecule has 0 nitrogen and oxygen atoms in total. The number of thiophene rings is 1. The summed E-state index contributed by atoms with van der Waals surface area (Å²) in [4.78, 5) is 0. The second-order valence-corrected chi connectivity index (χ2v) is 13.3. The molecule has 0 radical (unpaired) electrons. The molecule has 1 heteroatoms. The Balaban J connectivity index is 1.15. The summed E-state index contributed by atoms with van der Waals surface area (Å²) < 4.78 is 2.75. The van der Waals surface area contributed by atoms with Gasteiger partial charge in [-0.2, -0.15) is 0 Å². The van der Waals surface area contributed by atoms with Gasteiger partial charge in [-0.15, -0.1) is 11.3 Å². The fourth-order valence-electron chi connectivity index (χ4n) is 8.83. The van der Waals surface area contributed by atoms with E-state index in [2.05, 4.69) is 97.6 Å². The van der Waals surface area contributed by atoms with Crippen LogP contribution in [0.1, 0.15) is 55.2 Å². The van der Waals surface area contributed by atoms with Gasteiger partial charge < -0.3 is 0 Å². The van der Waals surface area contributed by atoms with Crippen LogP contribution in [0.25, 0.3) is 37.4 Å². The summed E-state index contributed by atoms with van der Waals surface area (Å²) >= 11 is 1.89. The Hall–Kier alpha value is -3.16. The molecule has 2 unspecified atom stereocenters. The van der Waals surface area contributed by atoms with Crippen LogP contribution in [-0.2, 0) is 10.8 Å². The Kier molecular flexibility index (Phi) is 4.68. The third-order valence-corrected chi connectivity index (χ3v) is 11.2. The van der Waals surface area contributed by atoms with E-state index < -0.39 is 0 Å². The maximum absolute atomic E-state index is 3.96. The molecule has 4 saturated carbocycles. The van der Waals surface area contributed by atoms with Gasteiger partial charge in [0, 0.05) is 20.2 Å². The summed E-state index contributed by atoms with van der Waals surface area (Å²) in [6.07, 6.45) is 10.2. The van der Waals surface area contributed by atoms with Crippen LogP contribution in [0.5, 0.6) is 0 Å². The summed E-state index contributed by atoms with van der Waals surface area (Å²) in [5.74, 6) is 1.74. The predicted octanol–water partition coefficient (Wildman–Crippen LogP) is 10.2. The Bertz CT molecular complexity index is 1640. The van der Waals surface area contributed by atoms with Crippen molar-refractivity contribution in [2.45, 2.75) is 49.4 Å². The van der Waals surface area contributed by atoms with E-state index in [4.69, 9.17) is 0 Å². The molecule has 4 bridgehead atoms. The van der Waals surface area contributed by atoms with E-state index >= 15 is 0 Å². The quantitative estimate of drug-likeness (QED) is 0.232. The summed E-state index contributed by atoms with van der Waals surface area (Å²) in [6, 6.07) is 34.9. The van der Waals surface area contributed by atoms with E-state index in [1.807, 2.05) is 17.4 Å². The first kappa shape index (κ1) is 21.9. The van der Waals surface area contributed by atoms with Gasteiger partial charge in [-0.05, 0) is 107 Å². The lowest BCUT2D eigenvalue weighted by atomic mass is 9.41. The van der Waals surface area contributed by atoms with Gasteiger partial charge in [-0.3, -0.25) is 0 Å². The van der Waals surface area contributed by atoms with Crippen molar-refractivity contribution in [1.82, 2.24) is 0 Å². The maximum Gasteiger partial charge on any atom is 0.0355 e. The van der Waals surface area contributed by atoms with E-state index in [0.29, 0.717) is 10.8 Å². The maximum atomic E-state index is 3.96. The second kappa shape index (κ2) is 7.92. The molecule has 9 rings (SSSR count). The minimum Gasteiger partial charge on any atom is -0.135 e. The molecule has 0 spiro atoms. The highest BCUT2D eigenvalue weighted by molar-refractivity contribution is 7.25. The van der Waals surface area contributed by atoms with Crippen LogP contribution in [0, 0.1) is 11.8 Å². The van der Waals surface area contributed by atoms with E-state index in [-0.39, 0.29) is 0 Å². The van der Waals surface area contributed by atoms with Crippen molar-refractivity contribution >= 4 is 37.6 Å². The Morgan fingerprint density at radius 3 is 1.92 bits per heavy atom. The first-order valence-corrected chi connectivity index (χ1v) is 14.7. The zero-order valence-corrected chi connectivity index (χ0v) is 22.1. The van der Waals surface area contributed by atoms with Crippen molar-refractivity contribution in [3.63, 3.8) is 0 Å². The third kappa shape index (κ3) is 3.33. The molecular formula is C36H32S. The highest BCUT2D eigenvalue weighted by atomic mass is 32.1. The molecule has 0 aliphatic heterocycles. The summed E-state index contributed by atoms with van der Waals surface area (Å²) in [6.45, 7) is 3.96. The summed E-state index contributed by atoms with van der Waals surface area (Å²) in [5.41, 5.74) is 7.74. The highest BCUT2D eigenvalue weighted by Crippen LogP contribution is 2.66. The van der Waals surface area contributed by atoms with Gasteiger partial charge in [-0.1, -0.05) is 85.5 Å². The number of benzene rings is 4. The molecule has 0 saturated heterocycles. The van der Waals surface area contributed by atoms with Gasteiger partial charge in [0.2, 0.25) is 0 Å². The van der Waals surface area contributed by atoms with E-state index in [1.54, 1.807) is 11.1 Å². The first-order chi connectivity index (χ1) is 18.1. The summed E-state index contributed by atoms with van der Waals surface area (Å²) in [5, 5.41) is 2.76. The van der Waals surface area contributed by atoms with Gasteiger partial charge in [-0.25, -0.2) is 0 Å². The first-order valence-electron chi connectivity index (χ1n) is 13.9.